The number of hydrogen-bond donors (Lipinski definition) is 4. The number of rotatable bonds is 3. The van der Waals surface area contributed by atoms with Gasteiger partial charge in [0.1, 0.15) is 0 Å². The molecule has 0 saturated carbocycles. The fraction of sp³-hybridized carbons (Fsp3) is 0. The summed E-state index contributed by atoms with van der Waals surface area (Å²) in [6, 6.07) is 0. The van der Waals surface area contributed by atoms with Gasteiger partial charge in [-0.05, 0) is 6.58 Å². The van der Waals surface area contributed by atoms with Gasteiger partial charge in [0.25, 0.3) is 0 Å². The lowest BCUT2D eigenvalue weighted by Crippen LogP contribution is -1.89. The topological polar surface area (TPSA) is 124 Å². The predicted octanol–water partition coefficient (Wildman–Crippen LogP) is -0.255. The third kappa shape index (κ3) is 5.15. The largest absolute Gasteiger partial charge is 0.525 e. The highest BCUT2D eigenvalue weighted by molar-refractivity contribution is 7.57. The van der Waals surface area contributed by atoms with Crippen LogP contribution < -0.4 is 0 Å². The second-order valence-corrected chi connectivity index (χ2v) is 4.27. The molecule has 11 heavy (non-hydrogen) atoms. The van der Waals surface area contributed by atoms with Gasteiger partial charge in [-0.3, -0.25) is 14.4 Å². The van der Waals surface area contributed by atoms with Crippen molar-refractivity contribution in [1.29, 1.82) is 0 Å². The summed E-state index contributed by atoms with van der Waals surface area (Å²) in [5.41, 5.74) is -1.24. The first-order chi connectivity index (χ1) is 4.63. The van der Waals surface area contributed by atoms with E-state index < -0.39 is 20.9 Å². The van der Waals surface area contributed by atoms with Crippen LogP contribution in [-0.4, -0.2) is 19.6 Å². The summed E-state index contributed by atoms with van der Waals surface area (Å²) >= 11 is 0. The average molecular weight is 204 g/mol. The van der Waals surface area contributed by atoms with E-state index in [1.807, 2.05) is 0 Å². The smallest absolute Gasteiger partial charge is 0.396 e. The fourth-order valence-electron chi connectivity index (χ4n) is 0.190. The quantitative estimate of drug-likeness (QED) is 0.368. The molecule has 0 aliphatic carbocycles. The van der Waals surface area contributed by atoms with Crippen LogP contribution in [0.3, 0.4) is 0 Å². The van der Waals surface area contributed by atoms with Gasteiger partial charge in [0, 0.05) is 0 Å². The summed E-state index contributed by atoms with van der Waals surface area (Å²) in [7, 11) is -9.67. The van der Waals surface area contributed by atoms with E-state index in [9.17, 15) is 9.13 Å². The van der Waals surface area contributed by atoms with Crippen molar-refractivity contribution >= 4 is 15.4 Å². The highest BCUT2D eigenvalue weighted by atomic mass is 31.2. The van der Waals surface area contributed by atoms with Crippen molar-refractivity contribution in [2.24, 2.45) is 0 Å². The molecular weight excluding hydrogens is 198 g/mol. The van der Waals surface area contributed by atoms with Crippen LogP contribution in [-0.2, 0) is 13.7 Å². The van der Waals surface area contributed by atoms with Gasteiger partial charge in [-0.25, -0.2) is 4.57 Å². The zero-order valence-electron chi connectivity index (χ0n) is 5.12. The van der Waals surface area contributed by atoms with E-state index >= 15 is 0 Å². The highest BCUT2D eigenvalue weighted by Gasteiger charge is 2.27. The molecular formula is C2H6O7P2. The summed E-state index contributed by atoms with van der Waals surface area (Å²) in [6.45, 7) is 2.63. The van der Waals surface area contributed by atoms with E-state index in [0.29, 0.717) is 0 Å². The average Bonchev–Trinajstić information content (AvgIpc) is 1.56. The minimum absolute atomic E-state index is 1.24. The van der Waals surface area contributed by atoms with Crippen LogP contribution in [0.4, 0.5) is 0 Å². The summed E-state index contributed by atoms with van der Waals surface area (Å²) in [5.74, 6) is 0. The molecule has 0 aliphatic rings. The van der Waals surface area contributed by atoms with E-state index in [2.05, 4.69) is 11.1 Å². The first-order valence-corrected chi connectivity index (χ1v) is 5.27. The minimum atomic E-state index is -4.91. The second kappa shape index (κ2) is 3.06. The van der Waals surface area contributed by atoms with Crippen LogP contribution in [0.2, 0.25) is 0 Å². The van der Waals surface area contributed by atoms with E-state index in [-0.39, 0.29) is 0 Å². The maximum absolute atomic E-state index is 10.1. The standard InChI is InChI=1S/C2H6O7P2/c1-2(10(3,4)5)9-11(6,7)8/h1H2,(H2,3,4,5)(H2,6,7,8). The first kappa shape index (κ1) is 10.8. The lowest BCUT2D eigenvalue weighted by molar-refractivity contribution is 0.241. The molecule has 0 aromatic heterocycles. The molecule has 0 atom stereocenters. The SMILES string of the molecule is C=C(OP(=O)(O)O)P(=O)(O)O. The molecule has 0 aromatic rings. The molecule has 0 rings (SSSR count). The Kier molecular flexibility index (Phi) is 3.02. The molecule has 0 aromatic carbocycles. The van der Waals surface area contributed by atoms with E-state index in [4.69, 9.17) is 19.6 Å². The lowest BCUT2D eigenvalue weighted by Gasteiger charge is -2.09. The normalized spacial score (nSPS) is 12.7. The third-order valence-corrected chi connectivity index (χ3v) is 1.89. The van der Waals surface area contributed by atoms with E-state index in [1.54, 1.807) is 0 Å². The summed E-state index contributed by atoms with van der Waals surface area (Å²) in [4.78, 5) is 32.5. The van der Waals surface area contributed by atoms with Crippen molar-refractivity contribution < 1.29 is 33.2 Å². The minimum Gasteiger partial charge on any atom is -0.396 e. The third-order valence-electron chi connectivity index (χ3n) is 0.549. The van der Waals surface area contributed by atoms with Gasteiger partial charge in [0.15, 0.2) is 0 Å². The van der Waals surface area contributed by atoms with Gasteiger partial charge in [0.05, 0.1) is 0 Å². The van der Waals surface area contributed by atoms with E-state index in [1.165, 1.54) is 0 Å². The van der Waals surface area contributed by atoms with Gasteiger partial charge < -0.3 is 14.3 Å². The van der Waals surface area contributed by atoms with Gasteiger partial charge >= 0.3 is 15.4 Å². The van der Waals surface area contributed by atoms with Crippen LogP contribution in [0.5, 0.6) is 0 Å². The van der Waals surface area contributed by atoms with Gasteiger partial charge in [-0.15, -0.1) is 0 Å². The maximum Gasteiger partial charge on any atom is 0.525 e. The molecule has 0 spiro atoms. The highest BCUT2D eigenvalue weighted by Crippen LogP contribution is 2.52. The maximum atomic E-state index is 10.1. The summed E-state index contributed by atoms with van der Waals surface area (Å²) in [6.07, 6.45) is 0. The van der Waals surface area contributed by atoms with Gasteiger partial charge in [-0.2, -0.15) is 0 Å². The Labute approximate surface area is 61.7 Å². The Hall–Kier alpha value is -0.160. The van der Waals surface area contributed by atoms with Gasteiger partial charge in [0.2, 0.25) is 5.50 Å². The summed E-state index contributed by atoms with van der Waals surface area (Å²) < 4.78 is 23.6. The van der Waals surface area contributed by atoms with Crippen molar-refractivity contribution in [2.45, 2.75) is 0 Å². The Morgan fingerprint density at radius 3 is 1.64 bits per heavy atom. The molecule has 0 aliphatic heterocycles. The van der Waals surface area contributed by atoms with Crippen LogP contribution in [0.1, 0.15) is 0 Å². The molecule has 0 bridgehead atoms. The zero-order chi connectivity index (χ0) is 9.28. The molecule has 0 amide bonds. The van der Waals surface area contributed by atoms with Crippen molar-refractivity contribution in [3.63, 3.8) is 0 Å². The number of hydrogen-bond acceptors (Lipinski definition) is 3. The second-order valence-electron chi connectivity index (χ2n) is 1.52. The van der Waals surface area contributed by atoms with Crippen LogP contribution >= 0.6 is 15.4 Å². The molecule has 0 unspecified atom stereocenters. The van der Waals surface area contributed by atoms with Gasteiger partial charge in [-0.1, -0.05) is 0 Å². The molecule has 0 radical (unpaired) electrons. The molecule has 0 saturated heterocycles. The molecule has 66 valence electrons. The Balaban J connectivity index is 4.35. The van der Waals surface area contributed by atoms with Crippen molar-refractivity contribution in [1.82, 2.24) is 0 Å². The van der Waals surface area contributed by atoms with Crippen molar-refractivity contribution in [2.75, 3.05) is 0 Å². The molecule has 0 fully saturated rings. The fourth-order valence-corrected chi connectivity index (χ4v) is 1.21. The van der Waals surface area contributed by atoms with Crippen LogP contribution in [0, 0.1) is 0 Å². The van der Waals surface area contributed by atoms with Crippen LogP contribution in [0.25, 0.3) is 0 Å². The van der Waals surface area contributed by atoms with Crippen LogP contribution in [0.15, 0.2) is 12.1 Å². The van der Waals surface area contributed by atoms with Crippen molar-refractivity contribution in [3.8, 4) is 0 Å². The van der Waals surface area contributed by atoms with Crippen molar-refractivity contribution in [3.05, 3.63) is 12.1 Å². The predicted molar refractivity (Wildman–Crippen MR) is 34.3 cm³/mol. The monoisotopic (exact) mass is 204 g/mol. The molecule has 0 heterocycles. The first-order valence-electron chi connectivity index (χ1n) is 2.13. The molecule has 7 nitrogen and oxygen atoms in total. The zero-order valence-corrected chi connectivity index (χ0v) is 6.90. The lowest BCUT2D eigenvalue weighted by atomic mass is 11.2. The Morgan fingerprint density at radius 2 is 1.55 bits per heavy atom. The molecule has 9 heteroatoms. The number of phosphoric ester groups is 1. The van der Waals surface area contributed by atoms with E-state index in [0.717, 1.165) is 0 Å². The number of phosphoric acid groups is 1. The Bertz CT molecular complexity index is 243. The summed E-state index contributed by atoms with van der Waals surface area (Å²) in [5, 5.41) is 0. The molecule has 4 N–H and O–H groups in total. The Morgan fingerprint density at radius 1 is 1.18 bits per heavy atom.